The smallest absolute Gasteiger partial charge is 0.231 e. The Morgan fingerprint density at radius 3 is 2.58 bits per heavy atom. The first kappa shape index (κ1) is 22.1. The number of carbonyl (C=O) groups is 2. The fourth-order valence-corrected chi connectivity index (χ4v) is 3.70. The van der Waals surface area contributed by atoms with E-state index in [0.29, 0.717) is 24.4 Å². The van der Waals surface area contributed by atoms with Crippen LogP contribution in [0.1, 0.15) is 29.9 Å². The van der Waals surface area contributed by atoms with Crippen LogP contribution in [0.4, 0.5) is 5.69 Å². The van der Waals surface area contributed by atoms with Crippen LogP contribution in [-0.2, 0) is 16.1 Å². The third-order valence-electron chi connectivity index (χ3n) is 5.53. The zero-order valence-electron chi connectivity index (χ0n) is 18.4. The first-order valence-corrected chi connectivity index (χ1v) is 10.8. The zero-order chi connectivity index (χ0) is 23.0. The number of fused-ring (bicyclic) bond motifs is 1. The van der Waals surface area contributed by atoms with E-state index in [-0.39, 0.29) is 18.2 Å². The normalized spacial score (nSPS) is 11.7. The van der Waals surface area contributed by atoms with Crippen molar-refractivity contribution in [2.45, 2.75) is 25.3 Å². The number of ether oxygens (including phenoxy) is 1. The SMILES string of the molecule is COc1ccc(C(CCC(=O)NCc2ccccc2)C(=O)Nc2ccc3[nH]ncc3c2)cc1. The molecule has 1 atom stereocenters. The molecule has 4 rings (SSSR count). The average Bonchev–Trinajstić information content (AvgIpc) is 3.32. The quantitative estimate of drug-likeness (QED) is 0.358. The van der Waals surface area contributed by atoms with Gasteiger partial charge < -0.3 is 15.4 Å². The number of nitrogens with one attached hydrogen (secondary N) is 3. The minimum atomic E-state index is -0.488. The van der Waals surface area contributed by atoms with Crippen LogP contribution < -0.4 is 15.4 Å². The minimum absolute atomic E-state index is 0.0926. The largest absolute Gasteiger partial charge is 0.497 e. The van der Waals surface area contributed by atoms with Gasteiger partial charge >= 0.3 is 0 Å². The van der Waals surface area contributed by atoms with E-state index in [9.17, 15) is 9.59 Å². The van der Waals surface area contributed by atoms with Crippen molar-refractivity contribution in [2.75, 3.05) is 12.4 Å². The molecule has 0 aliphatic carbocycles. The van der Waals surface area contributed by atoms with E-state index >= 15 is 0 Å². The van der Waals surface area contributed by atoms with Crippen molar-refractivity contribution < 1.29 is 14.3 Å². The molecule has 3 aromatic carbocycles. The van der Waals surface area contributed by atoms with Gasteiger partial charge in [-0.25, -0.2) is 0 Å². The highest BCUT2D eigenvalue weighted by Gasteiger charge is 2.22. The molecule has 3 N–H and O–H groups in total. The summed E-state index contributed by atoms with van der Waals surface area (Å²) in [6.07, 6.45) is 2.33. The summed E-state index contributed by atoms with van der Waals surface area (Å²) in [5, 5.41) is 13.7. The molecular formula is C26H26N4O3. The van der Waals surface area contributed by atoms with Crippen molar-refractivity contribution in [3.05, 3.63) is 90.1 Å². The lowest BCUT2D eigenvalue weighted by Gasteiger charge is -2.18. The Bertz CT molecular complexity index is 1220. The van der Waals surface area contributed by atoms with Crippen LogP contribution in [0, 0.1) is 0 Å². The highest BCUT2D eigenvalue weighted by molar-refractivity contribution is 5.97. The number of aromatic nitrogens is 2. The fourth-order valence-electron chi connectivity index (χ4n) is 3.70. The Morgan fingerprint density at radius 2 is 1.82 bits per heavy atom. The van der Waals surface area contributed by atoms with Gasteiger partial charge in [-0.1, -0.05) is 42.5 Å². The number of benzene rings is 3. The number of rotatable bonds is 9. The second-order valence-corrected chi connectivity index (χ2v) is 7.79. The molecule has 1 aromatic heterocycles. The number of aromatic amines is 1. The highest BCUT2D eigenvalue weighted by atomic mass is 16.5. The number of nitrogens with zero attached hydrogens (tertiary/aromatic N) is 1. The molecule has 1 heterocycles. The van der Waals surface area contributed by atoms with Gasteiger partial charge in [0.1, 0.15) is 5.75 Å². The van der Waals surface area contributed by atoms with Gasteiger partial charge in [-0.05, 0) is 47.9 Å². The number of hydrogen-bond acceptors (Lipinski definition) is 4. The molecule has 7 nitrogen and oxygen atoms in total. The van der Waals surface area contributed by atoms with Crippen molar-refractivity contribution in [1.82, 2.24) is 15.5 Å². The molecule has 0 aliphatic rings. The maximum atomic E-state index is 13.2. The first-order chi connectivity index (χ1) is 16.1. The third kappa shape index (κ3) is 5.77. The minimum Gasteiger partial charge on any atom is -0.497 e. The summed E-state index contributed by atoms with van der Waals surface area (Å²) in [5.41, 5.74) is 3.44. The average molecular weight is 443 g/mol. The predicted molar refractivity (Wildman–Crippen MR) is 128 cm³/mol. The molecule has 0 fully saturated rings. The lowest BCUT2D eigenvalue weighted by Crippen LogP contribution is -2.26. The standard InChI is InChI=1S/C26H26N4O3/c1-33-22-10-7-19(8-11-22)23(12-14-25(31)27-16-18-5-3-2-4-6-18)26(32)29-21-9-13-24-20(15-21)17-28-30-24/h2-11,13,15,17,23H,12,14,16H2,1H3,(H,27,31)(H,28,30)(H,29,32). The molecule has 0 aliphatic heterocycles. The predicted octanol–water partition coefficient (Wildman–Crippen LogP) is 4.39. The van der Waals surface area contributed by atoms with Crippen LogP contribution in [0.15, 0.2) is 79.0 Å². The van der Waals surface area contributed by atoms with Crippen LogP contribution in [0.5, 0.6) is 5.75 Å². The Balaban J connectivity index is 1.44. The number of hydrogen-bond donors (Lipinski definition) is 3. The van der Waals surface area contributed by atoms with Crippen molar-refractivity contribution in [3.63, 3.8) is 0 Å². The summed E-state index contributed by atoms with van der Waals surface area (Å²) < 4.78 is 5.24. The van der Waals surface area contributed by atoms with Gasteiger partial charge in [-0.3, -0.25) is 14.7 Å². The molecule has 0 spiro atoms. The van der Waals surface area contributed by atoms with Crippen LogP contribution in [0.2, 0.25) is 0 Å². The summed E-state index contributed by atoms with van der Waals surface area (Å²) >= 11 is 0. The van der Waals surface area contributed by atoms with Crippen molar-refractivity contribution >= 4 is 28.4 Å². The Hall–Kier alpha value is -4.13. The molecule has 2 amide bonds. The summed E-state index contributed by atoms with van der Waals surface area (Å²) in [7, 11) is 1.60. The lowest BCUT2D eigenvalue weighted by atomic mass is 9.92. The Morgan fingerprint density at radius 1 is 1.03 bits per heavy atom. The number of methoxy groups -OCH3 is 1. The van der Waals surface area contributed by atoms with Gasteiger partial charge in [0, 0.05) is 24.0 Å². The second kappa shape index (κ2) is 10.5. The summed E-state index contributed by atoms with van der Waals surface area (Å²) in [4.78, 5) is 25.7. The van der Waals surface area contributed by atoms with Crippen molar-refractivity contribution in [3.8, 4) is 5.75 Å². The van der Waals surface area contributed by atoms with Crippen LogP contribution in [-0.4, -0.2) is 29.1 Å². The molecule has 0 saturated heterocycles. The van der Waals surface area contributed by atoms with Crippen LogP contribution in [0.25, 0.3) is 10.9 Å². The number of H-pyrrole nitrogens is 1. The Kier molecular flexibility index (Phi) is 6.99. The van der Waals surface area contributed by atoms with Gasteiger partial charge in [0.15, 0.2) is 0 Å². The van der Waals surface area contributed by atoms with Gasteiger partial charge in [-0.15, -0.1) is 0 Å². The molecule has 33 heavy (non-hydrogen) atoms. The molecule has 1 unspecified atom stereocenters. The molecule has 0 radical (unpaired) electrons. The van der Waals surface area contributed by atoms with E-state index in [1.807, 2.05) is 72.8 Å². The number of amides is 2. The van der Waals surface area contributed by atoms with Crippen LogP contribution in [0.3, 0.4) is 0 Å². The van der Waals surface area contributed by atoms with Gasteiger partial charge in [-0.2, -0.15) is 5.10 Å². The van der Waals surface area contributed by atoms with E-state index in [1.54, 1.807) is 13.3 Å². The fraction of sp³-hybridized carbons (Fsp3) is 0.192. The monoisotopic (exact) mass is 442 g/mol. The van der Waals surface area contributed by atoms with E-state index in [0.717, 1.165) is 22.0 Å². The maximum Gasteiger partial charge on any atom is 0.231 e. The van der Waals surface area contributed by atoms with Gasteiger partial charge in [0.05, 0.1) is 24.7 Å². The molecule has 168 valence electrons. The van der Waals surface area contributed by atoms with Gasteiger partial charge in [0.2, 0.25) is 11.8 Å². The summed E-state index contributed by atoms with van der Waals surface area (Å²) in [5.74, 6) is -0.0359. The zero-order valence-corrected chi connectivity index (χ0v) is 18.4. The van der Waals surface area contributed by atoms with Gasteiger partial charge in [0.25, 0.3) is 0 Å². The first-order valence-electron chi connectivity index (χ1n) is 10.8. The summed E-state index contributed by atoms with van der Waals surface area (Å²) in [6, 6.07) is 22.7. The van der Waals surface area contributed by atoms with Crippen molar-refractivity contribution in [1.29, 1.82) is 0 Å². The third-order valence-corrected chi connectivity index (χ3v) is 5.53. The molecule has 4 aromatic rings. The molecule has 7 heteroatoms. The number of anilines is 1. The number of carbonyl (C=O) groups excluding carboxylic acids is 2. The molecule has 0 bridgehead atoms. The summed E-state index contributed by atoms with van der Waals surface area (Å²) in [6.45, 7) is 0.462. The van der Waals surface area contributed by atoms with Crippen molar-refractivity contribution in [2.24, 2.45) is 0 Å². The van der Waals surface area contributed by atoms with E-state index in [2.05, 4.69) is 20.8 Å². The lowest BCUT2D eigenvalue weighted by molar-refractivity contribution is -0.121. The topological polar surface area (TPSA) is 96.1 Å². The van der Waals surface area contributed by atoms with E-state index in [4.69, 9.17) is 4.74 Å². The van der Waals surface area contributed by atoms with E-state index < -0.39 is 5.92 Å². The highest BCUT2D eigenvalue weighted by Crippen LogP contribution is 2.26. The van der Waals surface area contributed by atoms with E-state index in [1.165, 1.54) is 0 Å². The molecule has 0 saturated carbocycles. The Labute approximate surface area is 192 Å². The van der Waals surface area contributed by atoms with Crippen LogP contribution >= 0.6 is 0 Å². The molecular weight excluding hydrogens is 416 g/mol. The second-order valence-electron chi connectivity index (χ2n) is 7.79. The maximum absolute atomic E-state index is 13.2.